The van der Waals surface area contributed by atoms with Gasteiger partial charge in [0.1, 0.15) is 6.10 Å². The lowest BCUT2D eigenvalue weighted by molar-refractivity contribution is 0.173. The van der Waals surface area contributed by atoms with Crippen molar-refractivity contribution in [1.82, 2.24) is 0 Å². The molecule has 0 bridgehead atoms. The summed E-state index contributed by atoms with van der Waals surface area (Å²) in [5.74, 6) is 1.14. The highest BCUT2D eigenvalue weighted by Gasteiger charge is 2.21. The summed E-state index contributed by atoms with van der Waals surface area (Å²) in [6.45, 7) is 2.18. The van der Waals surface area contributed by atoms with Gasteiger partial charge in [-0.25, -0.2) is 0 Å². The Morgan fingerprint density at radius 3 is 2.83 bits per heavy atom. The average Bonchev–Trinajstić information content (AvgIpc) is 2.96. The number of ether oxygens (including phenoxy) is 2. The highest BCUT2D eigenvalue weighted by Crippen LogP contribution is 2.42. The predicted octanol–water partition coefficient (Wildman–Crippen LogP) is 3.52. The number of aliphatic hydroxyl groups excluding tert-OH is 1. The van der Waals surface area contributed by atoms with Gasteiger partial charge in [-0.15, -0.1) is 11.3 Å². The van der Waals surface area contributed by atoms with Crippen molar-refractivity contribution in [2.75, 3.05) is 6.79 Å². The lowest BCUT2D eigenvalue weighted by atomic mass is 10.0. The van der Waals surface area contributed by atoms with Crippen LogP contribution in [0.25, 0.3) is 0 Å². The van der Waals surface area contributed by atoms with E-state index in [2.05, 4.69) is 0 Å². The molecule has 1 aliphatic rings. The summed E-state index contributed by atoms with van der Waals surface area (Å²) >= 11 is 7.71. The van der Waals surface area contributed by atoms with Crippen LogP contribution in [0.2, 0.25) is 5.02 Å². The van der Waals surface area contributed by atoms with Crippen LogP contribution >= 0.6 is 22.9 Å². The zero-order chi connectivity index (χ0) is 12.7. The first-order chi connectivity index (χ1) is 8.65. The zero-order valence-corrected chi connectivity index (χ0v) is 11.2. The summed E-state index contributed by atoms with van der Waals surface area (Å²) in [4.78, 5) is 1.16. The van der Waals surface area contributed by atoms with Crippen molar-refractivity contribution in [3.8, 4) is 11.5 Å². The molecule has 0 spiro atoms. The van der Waals surface area contributed by atoms with Crippen molar-refractivity contribution in [3.63, 3.8) is 0 Å². The summed E-state index contributed by atoms with van der Waals surface area (Å²) in [6, 6.07) is 5.45. The van der Waals surface area contributed by atoms with Crippen LogP contribution in [0.5, 0.6) is 11.5 Å². The molecule has 0 saturated heterocycles. The van der Waals surface area contributed by atoms with Gasteiger partial charge in [0.05, 0.1) is 5.02 Å². The van der Waals surface area contributed by atoms with Crippen molar-refractivity contribution in [1.29, 1.82) is 0 Å². The van der Waals surface area contributed by atoms with Crippen molar-refractivity contribution in [2.24, 2.45) is 0 Å². The molecule has 1 unspecified atom stereocenters. The summed E-state index contributed by atoms with van der Waals surface area (Å²) in [7, 11) is 0. The third-order valence-electron chi connectivity index (χ3n) is 2.83. The molecular formula is C13H11ClO3S. The van der Waals surface area contributed by atoms with E-state index in [0.29, 0.717) is 22.1 Å². The number of thiophene rings is 1. The largest absolute Gasteiger partial charge is 0.454 e. The minimum Gasteiger partial charge on any atom is -0.454 e. The lowest BCUT2D eigenvalue weighted by Gasteiger charge is -2.11. The number of hydrogen-bond donors (Lipinski definition) is 1. The molecule has 1 aromatic heterocycles. The molecule has 0 aliphatic carbocycles. The Balaban J connectivity index is 2.00. The second kappa shape index (κ2) is 4.46. The van der Waals surface area contributed by atoms with E-state index < -0.39 is 6.10 Å². The predicted molar refractivity (Wildman–Crippen MR) is 70.7 cm³/mol. The van der Waals surface area contributed by atoms with E-state index in [-0.39, 0.29) is 6.79 Å². The standard InChI is InChI=1S/C13H11ClO3S/c1-7-2-9(5-18-7)12(15)8-3-10(14)13-11(4-8)16-6-17-13/h2-5,12,15H,6H2,1H3. The molecule has 2 aromatic rings. The van der Waals surface area contributed by atoms with Crippen LogP contribution in [0.15, 0.2) is 23.6 Å². The highest BCUT2D eigenvalue weighted by atomic mass is 35.5. The molecule has 5 heteroatoms. The van der Waals surface area contributed by atoms with Gasteiger partial charge < -0.3 is 14.6 Å². The van der Waals surface area contributed by atoms with Crippen molar-refractivity contribution in [3.05, 3.63) is 44.6 Å². The van der Waals surface area contributed by atoms with Crippen LogP contribution in [0.1, 0.15) is 22.1 Å². The van der Waals surface area contributed by atoms with Crippen LogP contribution in [-0.2, 0) is 0 Å². The summed E-state index contributed by atoms with van der Waals surface area (Å²) in [6.07, 6.45) is -0.693. The summed E-state index contributed by atoms with van der Waals surface area (Å²) < 4.78 is 10.5. The Hall–Kier alpha value is -1.23. The fourth-order valence-electron chi connectivity index (χ4n) is 1.94. The van der Waals surface area contributed by atoms with E-state index in [4.69, 9.17) is 21.1 Å². The van der Waals surface area contributed by atoms with Gasteiger partial charge in [0.15, 0.2) is 11.5 Å². The van der Waals surface area contributed by atoms with Gasteiger partial charge in [-0.05, 0) is 41.6 Å². The Morgan fingerprint density at radius 2 is 2.11 bits per heavy atom. The first kappa shape index (κ1) is 11.8. The van der Waals surface area contributed by atoms with Gasteiger partial charge in [0.2, 0.25) is 6.79 Å². The third kappa shape index (κ3) is 1.96. The Labute approximate surface area is 114 Å². The van der Waals surface area contributed by atoms with Crippen LogP contribution in [0, 0.1) is 6.92 Å². The fourth-order valence-corrected chi connectivity index (χ4v) is 2.94. The second-order valence-corrected chi connectivity index (χ2v) is 5.65. The molecule has 2 heterocycles. The molecule has 1 aliphatic heterocycles. The molecule has 94 valence electrons. The molecule has 0 radical (unpaired) electrons. The van der Waals surface area contributed by atoms with Gasteiger partial charge in [-0.1, -0.05) is 11.6 Å². The maximum Gasteiger partial charge on any atom is 0.231 e. The number of aryl methyl sites for hydroxylation is 1. The highest BCUT2D eigenvalue weighted by molar-refractivity contribution is 7.10. The topological polar surface area (TPSA) is 38.7 Å². The average molecular weight is 283 g/mol. The van der Waals surface area contributed by atoms with Crippen molar-refractivity contribution >= 4 is 22.9 Å². The van der Waals surface area contributed by atoms with Crippen LogP contribution in [-0.4, -0.2) is 11.9 Å². The maximum atomic E-state index is 10.3. The Kier molecular flexibility index (Phi) is 2.93. The Bertz CT molecular complexity index is 594. The Morgan fingerprint density at radius 1 is 1.28 bits per heavy atom. The normalized spacial score (nSPS) is 14.8. The maximum absolute atomic E-state index is 10.3. The van der Waals surface area contributed by atoms with Crippen molar-refractivity contribution < 1.29 is 14.6 Å². The molecule has 0 saturated carbocycles. The third-order valence-corrected chi connectivity index (χ3v) is 3.99. The van der Waals surface area contributed by atoms with Gasteiger partial charge in [-0.3, -0.25) is 0 Å². The molecule has 1 atom stereocenters. The molecule has 1 N–H and O–H groups in total. The molecule has 3 nitrogen and oxygen atoms in total. The molecule has 3 rings (SSSR count). The quantitative estimate of drug-likeness (QED) is 0.916. The van der Waals surface area contributed by atoms with E-state index >= 15 is 0 Å². The van der Waals surface area contributed by atoms with Crippen molar-refractivity contribution in [2.45, 2.75) is 13.0 Å². The number of halogens is 1. The first-order valence-electron chi connectivity index (χ1n) is 5.47. The minimum atomic E-state index is -0.693. The monoisotopic (exact) mass is 282 g/mol. The van der Waals surface area contributed by atoms with Gasteiger partial charge in [-0.2, -0.15) is 0 Å². The van der Waals surface area contributed by atoms with Crippen LogP contribution in [0.3, 0.4) is 0 Å². The van der Waals surface area contributed by atoms with E-state index in [0.717, 1.165) is 10.4 Å². The zero-order valence-electron chi connectivity index (χ0n) is 9.64. The van der Waals surface area contributed by atoms with E-state index in [9.17, 15) is 5.11 Å². The first-order valence-corrected chi connectivity index (χ1v) is 6.73. The minimum absolute atomic E-state index is 0.173. The van der Waals surface area contributed by atoms with E-state index in [1.807, 2.05) is 18.4 Å². The van der Waals surface area contributed by atoms with E-state index in [1.165, 1.54) is 0 Å². The van der Waals surface area contributed by atoms with E-state index in [1.54, 1.807) is 23.5 Å². The smallest absolute Gasteiger partial charge is 0.231 e. The fraction of sp³-hybridized carbons (Fsp3) is 0.231. The molecular weight excluding hydrogens is 272 g/mol. The molecule has 0 fully saturated rings. The molecule has 0 amide bonds. The van der Waals surface area contributed by atoms with Gasteiger partial charge in [0, 0.05) is 4.88 Å². The number of fused-ring (bicyclic) bond motifs is 1. The molecule has 1 aromatic carbocycles. The number of benzene rings is 1. The number of aliphatic hydroxyl groups is 1. The number of rotatable bonds is 2. The van der Waals surface area contributed by atoms with Gasteiger partial charge >= 0.3 is 0 Å². The lowest BCUT2D eigenvalue weighted by Crippen LogP contribution is -1.98. The van der Waals surface area contributed by atoms with Crippen LogP contribution < -0.4 is 9.47 Å². The SMILES string of the molecule is Cc1cc(C(O)c2cc(Cl)c3c(c2)OCO3)cs1. The second-order valence-electron chi connectivity index (χ2n) is 4.13. The van der Waals surface area contributed by atoms with Gasteiger partial charge in [0.25, 0.3) is 0 Å². The summed E-state index contributed by atoms with van der Waals surface area (Å²) in [5, 5.41) is 12.7. The summed E-state index contributed by atoms with van der Waals surface area (Å²) in [5.41, 5.74) is 1.58. The number of hydrogen-bond acceptors (Lipinski definition) is 4. The van der Waals surface area contributed by atoms with Crippen LogP contribution in [0.4, 0.5) is 0 Å². The molecule has 18 heavy (non-hydrogen) atoms.